The van der Waals surface area contributed by atoms with Gasteiger partial charge in [-0.25, -0.2) is 15.0 Å². The van der Waals surface area contributed by atoms with Crippen LogP contribution in [0.5, 0.6) is 0 Å². The van der Waals surface area contributed by atoms with Gasteiger partial charge in [-0.3, -0.25) is 9.25 Å². The molecule has 1 fully saturated rings. The lowest BCUT2D eigenvalue weighted by molar-refractivity contribution is -0.00805. The van der Waals surface area contributed by atoms with Gasteiger partial charge in [0.15, 0.2) is 5.96 Å². The number of aromatic nitrogens is 5. The average molecular weight is 394 g/mol. The molecule has 152 valence electrons. The van der Waals surface area contributed by atoms with Crippen molar-refractivity contribution in [3.05, 3.63) is 60.6 Å². The molecule has 0 amide bonds. The minimum absolute atomic E-state index is 0.00456. The van der Waals surface area contributed by atoms with E-state index in [4.69, 9.17) is 9.73 Å². The molecule has 1 atom stereocenters. The molecule has 29 heavy (non-hydrogen) atoms. The molecule has 0 aliphatic carbocycles. The van der Waals surface area contributed by atoms with E-state index < -0.39 is 0 Å². The Hall–Kier alpha value is -3.20. The number of rotatable bonds is 5. The molecule has 3 aromatic rings. The second-order valence-electron chi connectivity index (χ2n) is 6.92. The molecule has 1 aliphatic heterocycles. The summed E-state index contributed by atoms with van der Waals surface area (Å²) < 4.78 is 9.65. The maximum atomic E-state index is 5.96. The number of hydrogen-bond acceptors (Lipinski definition) is 5. The molecule has 1 saturated heterocycles. The van der Waals surface area contributed by atoms with Gasteiger partial charge in [0.25, 0.3) is 0 Å². The first-order chi connectivity index (χ1) is 14.2. The van der Waals surface area contributed by atoms with Gasteiger partial charge in [-0.1, -0.05) is 0 Å². The van der Waals surface area contributed by atoms with E-state index in [1.54, 1.807) is 23.4 Å². The van der Waals surface area contributed by atoms with Crippen LogP contribution in [-0.2, 0) is 18.3 Å². The number of morpholine rings is 1. The van der Waals surface area contributed by atoms with Crippen LogP contribution in [0, 0.1) is 0 Å². The summed E-state index contributed by atoms with van der Waals surface area (Å²) in [6.45, 7) is 5.67. The molecule has 1 aliphatic rings. The molecule has 0 saturated carbocycles. The van der Waals surface area contributed by atoms with E-state index in [-0.39, 0.29) is 6.10 Å². The Kier molecular flexibility index (Phi) is 5.85. The summed E-state index contributed by atoms with van der Waals surface area (Å²) in [6, 6.07) is 4.03. The third kappa shape index (κ3) is 4.62. The van der Waals surface area contributed by atoms with Gasteiger partial charge in [-0.15, -0.1) is 0 Å². The normalized spacial score (nSPS) is 17.5. The molecule has 1 unspecified atom stereocenters. The van der Waals surface area contributed by atoms with Crippen molar-refractivity contribution in [1.82, 2.24) is 34.5 Å². The van der Waals surface area contributed by atoms with E-state index in [0.29, 0.717) is 13.2 Å². The highest BCUT2D eigenvalue weighted by molar-refractivity contribution is 5.80. The van der Waals surface area contributed by atoms with Crippen molar-refractivity contribution < 1.29 is 4.74 Å². The Morgan fingerprint density at radius 1 is 1.38 bits per heavy atom. The molecular weight excluding hydrogens is 368 g/mol. The standard InChI is InChI=1S/C20H26N8O/c1-3-22-20(27-8-9-29-18(14-27)17-12-25-26(2)13-17)24-11-16-4-5-23-19(10-16)28-7-6-21-15-28/h4-7,10,12-13,15,18H,3,8-9,11,14H2,1-2H3,(H,22,24). The van der Waals surface area contributed by atoms with Crippen LogP contribution in [0.4, 0.5) is 0 Å². The highest BCUT2D eigenvalue weighted by Crippen LogP contribution is 2.21. The summed E-state index contributed by atoms with van der Waals surface area (Å²) in [4.78, 5) is 15.6. The Morgan fingerprint density at radius 3 is 3.07 bits per heavy atom. The van der Waals surface area contributed by atoms with E-state index in [1.807, 2.05) is 42.3 Å². The topological polar surface area (TPSA) is 85.4 Å². The van der Waals surface area contributed by atoms with E-state index in [1.165, 1.54) is 0 Å². The summed E-state index contributed by atoms with van der Waals surface area (Å²) in [6.07, 6.45) is 11.0. The van der Waals surface area contributed by atoms with Crippen LogP contribution in [-0.4, -0.2) is 61.4 Å². The van der Waals surface area contributed by atoms with Gasteiger partial charge in [0.2, 0.25) is 0 Å². The second-order valence-corrected chi connectivity index (χ2v) is 6.92. The lowest BCUT2D eigenvalue weighted by Gasteiger charge is -2.34. The lowest BCUT2D eigenvalue weighted by Crippen LogP contribution is -2.48. The van der Waals surface area contributed by atoms with Crippen LogP contribution >= 0.6 is 0 Å². The Morgan fingerprint density at radius 2 is 2.31 bits per heavy atom. The monoisotopic (exact) mass is 394 g/mol. The summed E-state index contributed by atoms with van der Waals surface area (Å²) in [5.74, 6) is 1.73. The molecular formula is C20H26N8O. The van der Waals surface area contributed by atoms with Crippen molar-refractivity contribution in [2.45, 2.75) is 19.6 Å². The number of hydrogen-bond donors (Lipinski definition) is 1. The number of pyridine rings is 1. The number of guanidine groups is 1. The maximum absolute atomic E-state index is 5.96. The van der Waals surface area contributed by atoms with Crippen molar-refractivity contribution in [2.24, 2.45) is 12.0 Å². The van der Waals surface area contributed by atoms with Crippen molar-refractivity contribution in [1.29, 1.82) is 0 Å². The number of nitrogens with zero attached hydrogens (tertiary/aromatic N) is 7. The van der Waals surface area contributed by atoms with Crippen LogP contribution in [0.25, 0.3) is 5.82 Å². The third-order valence-electron chi connectivity index (χ3n) is 4.79. The number of aryl methyl sites for hydroxylation is 1. The summed E-state index contributed by atoms with van der Waals surface area (Å²) in [7, 11) is 1.92. The highest BCUT2D eigenvalue weighted by atomic mass is 16.5. The average Bonchev–Trinajstić information content (AvgIpc) is 3.43. The second kappa shape index (κ2) is 8.87. The Balaban J connectivity index is 1.48. The van der Waals surface area contributed by atoms with Gasteiger partial charge in [0, 0.05) is 50.5 Å². The minimum Gasteiger partial charge on any atom is -0.370 e. The number of aliphatic imine (C=N–C) groups is 1. The van der Waals surface area contributed by atoms with Crippen LogP contribution in [0.2, 0.25) is 0 Å². The summed E-state index contributed by atoms with van der Waals surface area (Å²) in [5, 5.41) is 7.67. The zero-order valence-electron chi connectivity index (χ0n) is 16.8. The molecule has 1 N–H and O–H groups in total. The smallest absolute Gasteiger partial charge is 0.194 e. The number of nitrogens with one attached hydrogen (secondary N) is 1. The van der Waals surface area contributed by atoms with Crippen molar-refractivity contribution >= 4 is 5.96 Å². The SMILES string of the molecule is CCNC(=NCc1ccnc(-n2ccnc2)c1)N1CCOC(c2cnn(C)c2)C1. The first kappa shape index (κ1) is 19.1. The minimum atomic E-state index is -0.00456. The first-order valence-electron chi connectivity index (χ1n) is 9.79. The molecule has 0 radical (unpaired) electrons. The van der Waals surface area contributed by atoms with Crippen LogP contribution < -0.4 is 5.32 Å². The molecule has 4 heterocycles. The van der Waals surface area contributed by atoms with Gasteiger partial charge in [0.1, 0.15) is 18.2 Å². The summed E-state index contributed by atoms with van der Waals surface area (Å²) in [5.41, 5.74) is 2.18. The molecule has 9 nitrogen and oxygen atoms in total. The molecule has 4 rings (SSSR count). The van der Waals surface area contributed by atoms with Gasteiger partial charge in [0.05, 0.1) is 25.9 Å². The molecule has 3 aromatic heterocycles. The van der Waals surface area contributed by atoms with Gasteiger partial charge >= 0.3 is 0 Å². The van der Waals surface area contributed by atoms with Crippen molar-refractivity contribution in [3.8, 4) is 5.82 Å². The van der Waals surface area contributed by atoms with Crippen LogP contribution in [0.1, 0.15) is 24.2 Å². The zero-order valence-corrected chi connectivity index (χ0v) is 16.8. The highest BCUT2D eigenvalue weighted by Gasteiger charge is 2.25. The van der Waals surface area contributed by atoms with Crippen molar-refractivity contribution in [2.75, 3.05) is 26.2 Å². The van der Waals surface area contributed by atoms with E-state index in [2.05, 4.69) is 32.2 Å². The fraction of sp³-hybridized carbons (Fsp3) is 0.400. The molecule has 9 heteroatoms. The van der Waals surface area contributed by atoms with E-state index in [0.717, 1.165) is 42.5 Å². The predicted molar refractivity (Wildman–Crippen MR) is 110 cm³/mol. The molecule has 0 bridgehead atoms. The third-order valence-corrected chi connectivity index (χ3v) is 4.79. The predicted octanol–water partition coefficient (Wildman–Crippen LogP) is 1.54. The summed E-state index contributed by atoms with van der Waals surface area (Å²) >= 11 is 0. The quantitative estimate of drug-likeness (QED) is 0.522. The van der Waals surface area contributed by atoms with Crippen LogP contribution in [0.15, 0.2) is 54.4 Å². The van der Waals surface area contributed by atoms with Gasteiger partial charge < -0.3 is 15.0 Å². The van der Waals surface area contributed by atoms with E-state index >= 15 is 0 Å². The van der Waals surface area contributed by atoms with E-state index in [9.17, 15) is 0 Å². The first-order valence-corrected chi connectivity index (χ1v) is 9.79. The van der Waals surface area contributed by atoms with Crippen molar-refractivity contribution in [3.63, 3.8) is 0 Å². The lowest BCUT2D eigenvalue weighted by atomic mass is 10.1. The van der Waals surface area contributed by atoms with Gasteiger partial charge in [-0.2, -0.15) is 5.10 Å². The fourth-order valence-corrected chi connectivity index (χ4v) is 3.34. The Labute approximate surface area is 170 Å². The number of ether oxygens (including phenoxy) is 1. The largest absolute Gasteiger partial charge is 0.370 e. The zero-order chi connectivity index (χ0) is 20.1. The van der Waals surface area contributed by atoms with Gasteiger partial charge in [-0.05, 0) is 24.6 Å². The fourth-order valence-electron chi connectivity index (χ4n) is 3.34. The molecule has 0 aromatic carbocycles. The van der Waals surface area contributed by atoms with Crippen LogP contribution in [0.3, 0.4) is 0 Å². The molecule has 0 spiro atoms. The maximum Gasteiger partial charge on any atom is 0.194 e. The Bertz CT molecular complexity index is 949. The number of imidazole rings is 1.